The monoisotopic (exact) mass is 238 g/mol. The number of halogens is 4. The number of hydrogen-bond acceptors (Lipinski definition) is 1. The molecule has 5 heteroatoms. The Hall–Kier alpha value is -0.710. The first-order valence-electron chi connectivity index (χ1n) is 4.34. The number of rotatable bonds is 2. The lowest BCUT2D eigenvalue weighted by molar-refractivity contribution is -0.140. The molecule has 0 aliphatic heterocycles. The normalized spacial score (nSPS) is 12.2. The summed E-state index contributed by atoms with van der Waals surface area (Å²) in [7, 11) is 0. The first-order valence-corrected chi connectivity index (χ1v) is 5.22. The maximum Gasteiger partial charge on any atom is 0.417 e. The fourth-order valence-electron chi connectivity index (χ4n) is 1.09. The second-order valence-corrected chi connectivity index (χ2v) is 4.87. The average Bonchev–Trinajstić information content (AvgIpc) is 2.05. The van der Waals surface area contributed by atoms with E-state index in [0.29, 0.717) is 0 Å². The van der Waals surface area contributed by atoms with Gasteiger partial charge in [0.2, 0.25) is 0 Å². The Bertz CT molecular complexity index is 344. The minimum absolute atomic E-state index is 0.0944. The van der Waals surface area contributed by atoms with Crippen LogP contribution in [0.5, 0.6) is 0 Å². The van der Waals surface area contributed by atoms with Gasteiger partial charge < -0.3 is 0 Å². The Labute approximate surface area is 89.7 Å². The highest BCUT2D eigenvalue weighted by Gasteiger charge is 2.34. The third kappa shape index (κ3) is 3.12. The zero-order valence-electron chi connectivity index (χ0n) is 8.23. The predicted molar refractivity (Wildman–Crippen MR) is 52.4 cm³/mol. The van der Waals surface area contributed by atoms with Crippen LogP contribution >= 0.6 is 11.8 Å². The molecule has 0 saturated carbocycles. The standard InChI is InChI=1S/C10H10F4S/c1-6(2)15-9-7(10(12,13)14)4-3-5-8(9)11/h3-6H,1-2H3. The molecule has 1 aromatic carbocycles. The molecule has 0 spiro atoms. The third-order valence-corrected chi connectivity index (χ3v) is 2.75. The molecule has 0 radical (unpaired) electrons. The van der Waals surface area contributed by atoms with Crippen molar-refractivity contribution in [3.8, 4) is 0 Å². The van der Waals surface area contributed by atoms with Crippen molar-refractivity contribution in [1.29, 1.82) is 0 Å². The quantitative estimate of drug-likeness (QED) is 0.545. The van der Waals surface area contributed by atoms with Crippen molar-refractivity contribution in [2.45, 2.75) is 30.2 Å². The topological polar surface area (TPSA) is 0 Å². The van der Waals surface area contributed by atoms with E-state index in [9.17, 15) is 17.6 Å². The SMILES string of the molecule is CC(C)Sc1c(F)cccc1C(F)(F)F. The van der Waals surface area contributed by atoms with Crippen LogP contribution in [0.25, 0.3) is 0 Å². The van der Waals surface area contributed by atoms with Gasteiger partial charge >= 0.3 is 6.18 Å². The second kappa shape index (κ2) is 4.43. The van der Waals surface area contributed by atoms with Crippen LogP contribution in [0.1, 0.15) is 19.4 Å². The van der Waals surface area contributed by atoms with E-state index >= 15 is 0 Å². The molecule has 0 aliphatic rings. The molecule has 0 fully saturated rings. The zero-order chi connectivity index (χ0) is 11.6. The predicted octanol–water partition coefficient (Wildman–Crippen LogP) is 4.35. The molecule has 0 atom stereocenters. The van der Waals surface area contributed by atoms with Crippen LogP contribution in [-0.4, -0.2) is 5.25 Å². The zero-order valence-corrected chi connectivity index (χ0v) is 9.05. The Morgan fingerprint density at radius 3 is 2.27 bits per heavy atom. The molecule has 1 rings (SSSR count). The summed E-state index contributed by atoms with van der Waals surface area (Å²) in [6.07, 6.45) is -4.50. The first kappa shape index (κ1) is 12.4. The Morgan fingerprint density at radius 1 is 1.20 bits per heavy atom. The molecule has 0 amide bonds. The lowest BCUT2D eigenvalue weighted by Gasteiger charge is -2.14. The van der Waals surface area contributed by atoms with Gasteiger partial charge in [-0.1, -0.05) is 19.9 Å². The minimum Gasteiger partial charge on any atom is -0.206 e. The highest BCUT2D eigenvalue weighted by atomic mass is 32.2. The summed E-state index contributed by atoms with van der Waals surface area (Å²) in [5, 5.41) is -0.0944. The number of thioether (sulfide) groups is 1. The van der Waals surface area contributed by atoms with Gasteiger partial charge in [0.25, 0.3) is 0 Å². The molecule has 0 saturated heterocycles. The summed E-state index contributed by atoms with van der Waals surface area (Å²) in [5.74, 6) is -0.816. The van der Waals surface area contributed by atoms with Gasteiger partial charge in [-0.25, -0.2) is 4.39 Å². The van der Waals surface area contributed by atoms with Crippen LogP contribution < -0.4 is 0 Å². The molecule has 0 bridgehead atoms. The average molecular weight is 238 g/mol. The maximum atomic E-state index is 13.2. The molecule has 15 heavy (non-hydrogen) atoms. The fraction of sp³-hybridized carbons (Fsp3) is 0.400. The molecule has 0 N–H and O–H groups in total. The minimum atomic E-state index is -4.50. The van der Waals surface area contributed by atoms with Crippen LogP contribution in [0.2, 0.25) is 0 Å². The van der Waals surface area contributed by atoms with Crippen LogP contribution in [0.4, 0.5) is 17.6 Å². The molecular weight excluding hydrogens is 228 g/mol. The molecule has 0 aliphatic carbocycles. The smallest absolute Gasteiger partial charge is 0.206 e. The molecule has 84 valence electrons. The van der Waals surface area contributed by atoms with Gasteiger partial charge in [-0.2, -0.15) is 13.2 Å². The van der Waals surface area contributed by atoms with E-state index in [1.165, 1.54) is 0 Å². The van der Waals surface area contributed by atoms with E-state index in [4.69, 9.17) is 0 Å². The van der Waals surface area contributed by atoms with Gasteiger partial charge in [0.15, 0.2) is 0 Å². The third-order valence-electron chi connectivity index (χ3n) is 1.63. The van der Waals surface area contributed by atoms with Crippen LogP contribution in [0, 0.1) is 5.82 Å². The maximum absolute atomic E-state index is 13.2. The van der Waals surface area contributed by atoms with E-state index < -0.39 is 17.6 Å². The fourth-order valence-corrected chi connectivity index (χ4v) is 2.05. The largest absolute Gasteiger partial charge is 0.417 e. The van der Waals surface area contributed by atoms with Crippen molar-refractivity contribution in [2.24, 2.45) is 0 Å². The Kier molecular flexibility index (Phi) is 3.65. The van der Waals surface area contributed by atoms with Crippen molar-refractivity contribution in [1.82, 2.24) is 0 Å². The van der Waals surface area contributed by atoms with Gasteiger partial charge in [0, 0.05) is 5.25 Å². The summed E-state index contributed by atoms with van der Waals surface area (Å²) >= 11 is 0.884. The van der Waals surface area contributed by atoms with Crippen molar-refractivity contribution in [3.63, 3.8) is 0 Å². The summed E-state index contributed by atoms with van der Waals surface area (Å²) in [4.78, 5) is -0.319. The summed E-state index contributed by atoms with van der Waals surface area (Å²) in [6.45, 7) is 3.44. The van der Waals surface area contributed by atoms with E-state index in [-0.39, 0.29) is 10.1 Å². The van der Waals surface area contributed by atoms with E-state index in [0.717, 1.165) is 30.0 Å². The van der Waals surface area contributed by atoms with Crippen LogP contribution in [0.15, 0.2) is 23.1 Å². The van der Waals surface area contributed by atoms with E-state index in [2.05, 4.69) is 0 Å². The van der Waals surface area contributed by atoms with Gasteiger partial charge in [-0.15, -0.1) is 11.8 Å². The Morgan fingerprint density at radius 2 is 1.80 bits per heavy atom. The summed E-state index contributed by atoms with van der Waals surface area (Å²) < 4.78 is 50.7. The molecule has 0 nitrogen and oxygen atoms in total. The lowest BCUT2D eigenvalue weighted by atomic mass is 10.2. The van der Waals surface area contributed by atoms with E-state index in [1.54, 1.807) is 13.8 Å². The van der Waals surface area contributed by atoms with E-state index in [1.807, 2.05) is 0 Å². The van der Waals surface area contributed by atoms with Crippen molar-refractivity contribution in [2.75, 3.05) is 0 Å². The Balaban J connectivity index is 3.21. The van der Waals surface area contributed by atoms with Gasteiger partial charge in [0.05, 0.1) is 10.5 Å². The van der Waals surface area contributed by atoms with Crippen molar-refractivity contribution in [3.05, 3.63) is 29.6 Å². The molecule has 0 heterocycles. The van der Waals surface area contributed by atoms with Crippen LogP contribution in [0.3, 0.4) is 0 Å². The number of benzene rings is 1. The lowest BCUT2D eigenvalue weighted by Crippen LogP contribution is -2.08. The first-order chi connectivity index (χ1) is 6.82. The summed E-state index contributed by atoms with van der Waals surface area (Å²) in [5.41, 5.74) is -0.902. The van der Waals surface area contributed by atoms with Crippen molar-refractivity contribution < 1.29 is 17.6 Å². The molecule has 0 aromatic heterocycles. The number of hydrogen-bond donors (Lipinski definition) is 0. The van der Waals surface area contributed by atoms with Crippen LogP contribution in [-0.2, 0) is 6.18 Å². The van der Waals surface area contributed by atoms with Gasteiger partial charge in [-0.05, 0) is 12.1 Å². The van der Waals surface area contributed by atoms with Gasteiger partial charge in [-0.3, -0.25) is 0 Å². The highest BCUT2D eigenvalue weighted by Crippen LogP contribution is 2.39. The van der Waals surface area contributed by atoms with Crippen molar-refractivity contribution >= 4 is 11.8 Å². The number of alkyl halides is 3. The molecule has 1 aromatic rings. The molecule has 0 unspecified atom stereocenters. The summed E-state index contributed by atoms with van der Waals surface area (Å²) in [6, 6.07) is 3.01. The second-order valence-electron chi connectivity index (χ2n) is 3.28. The molecular formula is C10H10F4S. The van der Waals surface area contributed by atoms with Gasteiger partial charge in [0.1, 0.15) is 5.82 Å². The highest BCUT2D eigenvalue weighted by molar-refractivity contribution is 8.00.